The van der Waals surface area contributed by atoms with Crippen LogP contribution >= 0.6 is 0 Å². The fraction of sp³-hybridized carbons (Fsp3) is 0.824. The Morgan fingerprint density at radius 1 is 1.35 bits per heavy atom. The second-order valence-electron chi connectivity index (χ2n) is 7.40. The Morgan fingerprint density at radius 2 is 2.00 bits per heavy atom. The largest absolute Gasteiger partial charge is 0.317 e. The molecule has 0 radical (unpaired) electrons. The average molecular weight is 279 g/mol. The summed E-state index contributed by atoms with van der Waals surface area (Å²) in [6.07, 6.45) is 4.57. The highest BCUT2D eigenvalue weighted by atomic mass is 15.3. The van der Waals surface area contributed by atoms with E-state index in [-0.39, 0.29) is 0 Å². The Kier molecular flexibility index (Phi) is 6.25. The summed E-state index contributed by atoms with van der Waals surface area (Å²) < 4.78 is 2.04. The number of nitrogens with zero attached hydrogens (tertiary/aromatic N) is 2. The molecular weight excluding hydrogens is 246 g/mol. The van der Waals surface area contributed by atoms with Gasteiger partial charge in [-0.1, -0.05) is 34.6 Å². The molecule has 1 N–H and O–H groups in total. The van der Waals surface area contributed by atoms with Crippen molar-refractivity contribution in [1.29, 1.82) is 0 Å². The van der Waals surface area contributed by atoms with Gasteiger partial charge in [0.25, 0.3) is 0 Å². The summed E-state index contributed by atoms with van der Waals surface area (Å²) >= 11 is 0. The Balaban J connectivity index is 2.60. The highest BCUT2D eigenvalue weighted by Gasteiger charge is 2.19. The Labute approximate surface area is 125 Å². The zero-order valence-corrected chi connectivity index (χ0v) is 14.5. The minimum atomic E-state index is 0.416. The monoisotopic (exact) mass is 279 g/mol. The van der Waals surface area contributed by atoms with Gasteiger partial charge in [0.15, 0.2) is 0 Å². The van der Waals surface area contributed by atoms with E-state index >= 15 is 0 Å². The lowest BCUT2D eigenvalue weighted by atomic mass is 9.82. The van der Waals surface area contributed by atoms with Crippen LogP contribution in [0, 0.1) is 11.3 Å². The van der Waals surface area contributed by atoms with Crippen LogP contribution in [0.1, 0.15) is 58.8 Å². The van der Waals surface area contributed by atoms with E-state index in [9.17, 15) is 0 Å². The fourth-order valence-corrected chi connectivity index (χ4v) is 3.11. The van der Waals surface area contributed by atoms with Crippen LogP contribution in [0.5, 0.6) is 0 Å². The van der Waals surface area contributed by atoms with Crippen molar-refractivity contribution >= 4 is 0 Å². The molecule has 0 aliphatic rings. The molecule has 0 saturated carbocycles. The lowest BCUT2D eigenvalue weighted by Gasteiger charge is -2.26. The molecule has 116 valence electrons. The fourth-order valence-electron chi connectivity index (χ4n) is 3.11. The number of rotatable bonds is 7. The van der Waals surface area contributed by atoms with E-state index in [2.05, 4.69) is 65.2 Å². The van der Waals surface area contributed by atoms with Crippen LogP contribution in [0.25, 0.3) is 0 Å². The highest BCUT2D eigenvalue weighted by molar-refractivity contribution is 5.11. The zero-order valence-electron chi connectivity index (χ0n) is 14.5. The van der Waals surface area contributed by atoms with Gasteiger partial charge in [0.1, 0.15) is 0 Å². The minimum absolute atomic E-state index is 0.416. The van der Waals surface area contributed by atoms with Gasteiger partial charge >= 0.3 is 0 Å². The van der Waals surface area contributed by atoms with Crippen LogP contribution < -0.4 is 5.32 Å². The molecule has 1 aromatic rings. The topological polar surface area (TPSA) is 29.9 Å². The van der Waals surface area contributed by atoms with Gasteiger partial charge in [0.2, 0.25) is 0 Å². The van der Waals surface area contributed by atoms with Crippen molar-refractivity contribution in [1.82, 2.24) is 15.1 Å². The normalized spacial score (nSPS) is 15.3. The standard InChI is InChI=1S/C17H33N3/c1-8-14-10-16(20(7)19-14)11-15(18-6)9-13(2)12-17(3,4)5/h10,13,15,18H,8-9,11-12H2,1-7H3. The Bertz CT molecular complexity index is 401. The minimum Gasteiger partial charge on any atom is -0.317 e. The molecule has 2 unspecified atom stereocenters. The van der Waals surface area contributed by atoms with Gasteiger partial charge < -0.3 is 5.32 Å². The summed E-state index contributed by atoms with van der Waals surface area (Å²) in [6, 6.07) is 2.78. The van der Waals surface area contributed by atoms with Gasteiger partial charge in [-0.15, -0.1) is 0 Å². The third-order valence-electron chi connectivity index (χ3n) is 3.90. The molecule has 3 nitrogen and oxygen atoms in total. The van der Waals surface area contributed by atoms with Gasteiger partial charge in [-0.3, -0.25) is 4.68 Å². The summed E-state index contributed by atoms with van der Waals surface area (Å²) in [6.45, 7) is 11.5. The second-order valence-corrected chi connectivity index (χ2v) is 7.40. The molecule has 0 saturated heterocycles. The van der Waals surface area contributed by atoms with Crippen LogP contribution in [-0.4, -0.2) is 22.9 Å². The summed E-state index contributed by atoms with van der Waals surface area (Å²) in [5.41, 5.74) is 2.95. The SMILES string of the molecule is CCc1cc(CC(CC(C)CC(C)(C)C)NC)n(C)n1. The molecular formula is C17H33N3. The predicted octanol–water partition coefficient (Wildman–Crippen LogP) is 3.58. The number of likely N-dealkylation sites (N-methyl/N-ethyl adjacent to an activating group) is 1. The van der Waals surface area contributed by atoms with Crippen LogP contribution in [0.4, 0.5) is 0 Å². The molecule has 0 fully saturated rings. The van der Waals surface area contributed by atoms with Crippen molar-refractivity contribution in [3.63, 3.8) is 0 Å². The third kappa shape index (κ3) is 5.66. The molecule has 0 bridgehead atoms. The summed E-state index contributed by atoms with van der Waals surface area (Å²) in [7, 11) is 4.13. The maximum Gasteiger partial charge on any atom is 0.0624 e. The smallest absolute Gasteiger partial charge is 0.0624 e. The Hall–Kier alpha value is -0.830. The van der Waals surface area contributed by atoms with Crippen LogP contribution in [0.2, 0.25) is 0 Å². The van der Waals surface area contributed by atoms with Gasteiger partial charge in [-0.2, -0.15) is 5.10 Å². The first kappa shape index (κ1) is 17.2. The first-order chi connectivity index (χ1) is 9.25. The van der Waals surface area contributed by atoms with Crippen molar-refractivity contribution in [2.45, 2.75) is 66.3 Å². The van der Waals surface area contributed by atoms with Crippen molar-refractivity contribution in [3.8, 4) is 0 Å². The van der Waals surface area contributed by atoms with Crippen LogP contribution in [0.15, 0.2) is 6.07 Å². The molecule has 1 heterocycles. The maximum absolute atomic E-state index is 4.54. The van der Waals surface area contributed by atoms with Gasteiger partial charge in [-0.05, 0) is 43.7 Å². The third-order valence-corrected chi connectivity index (χ3v) is 3.90. The second kappa shape index (κ2) is 7.26. The van der Waals surface area contributed by atoms with Gasteiger partial charge in [0.05, 0.1) is 5.69 Å². The first-order valence-corrected chi connectivity index (χ1v) is 7.94. The molecule has 0 spiro atoms. The molecule has 0 aromatic carbocycles. The predicted molar refractivity (Wildman–Crippen MR) is 87.0 cm³/mol. The van der Waals surface area contributed by atoms with E-state index in [4.69, 9.17) is 0 Å². The van der Waals surface area contributed by atoms with E-state index in [1.807, 2.05) is 4.68 Å². The molecule has 0 aliphatic heterocycles. The van der Waals surface area contributed by atoms with E-state index in [0.717, 1.165) is 18.8 Å². The molecule has 2 atom stereocenters. The van der Waals surface area contributed by atoms with Crippen molar-refractivity contribution < 1.29 is 0 Å². The molecule has 1 aromatic heterocycles. The number of hydrogen-bond acceptors (Lipinski definition) is 2. The van der Waals surface area contributed by atoms with Crippen LogP contribution in [0.3, 0.4) is 0 Å². The average Bonchev–Trinajstić information content (AvgIpc) is 2.67. The van der Waals surface area contributed by atoms with Crippen molar-refractivity contribution in [2.24, 2.45) is 18.4 Å². The summed E-state index contributed by atoms with van der Waals surface area (Å²) in [5.74, 6) is 0.742. The molecule has 0 amide bonds. The van der Waals surface area contributed by atoms with E-state index < -0.39 is 0 Å². The highest BCUT2D eigenvalue weighted by Crippen LogP contribution is 2.27. The molecule has 20 heavy (non-hydrogen) atoms. The van der Waals surface area contributed by atoms with E-state index in [1.165, 1.54) is 24.2 Å². The number of hydrogen-bond donors (Lipinski definition) is 1. The maximum atomic E-state index is 4.54. The number of aromatic nitrogens is 2. The summed E-state index contributed by atoms with van der Waals surface area (Å²) in [5, 5.41) is 8.02. The Morgan fingerprint density at radius 3 is 2.45 bits per heavy atom. The lowest BCUT2D eigenvalue weighted by molar-refractivity contribution is 0.276. The quantitative estimate of drug-likeness (QED) is 0.827. The summed E-state index contributed by atoms with van der Waals surface area (Å²) in [4.78, 5) is 0. The number of nitrogens with one attached hydrogen (secondary N) is 1. The van der Waals surface area contributed by atoms with Crippen LogP contribution in [-0.2, 0) is 19.9 Å². The zero-order chi connectivity index (χ0) is 15.3. The number of aryl methyl sites for hydroxylation is 2. The molecule has 0 aliphatic carbocycles. The van der Waals surface area contributed by atoms with Crippen molar-refractivity contribution in [2.75, 3.05) is 7.05 Å². The van der Waals surface area contributed by atoms with E-state index in [0.29, 0.717) is 11.5 Å². The van der Waals surface area contributed by atoms with Gasteiger partial charge in [0, 0.05) is 25.2 Å². The first-order valence-electron chi connectivity index (χ1n) is 7.94. The molecule has 3 heteroatoms. The van der Waals surface area contributed by atoms with Gasteiger partial charge in [-0.25, -0.2) is 0 Å². The van der Waals surface area contributed by atoms with Crippen molar-refractivity contribution in [3.05, 3.63) is 17.5 Å². The lowest BCUT2D eigenvalue weighted by Crippen LogP contribution is -2.31. The van der Waals surface area contributed by atoms with E-state index in [1.54, 1.807) is 0 Å². The molecule has 1 rings (SSSR count).